The third-order valence-electron chi connectivity index (χ3n) is 2.38. The topological polar surface area (TPSA) is 51.1 Å². The molecular weight excluding hydrogens is 248 g/mol. The Labute approximate surface area is 114 Å². The average molecular weight is 270 g/mol. The van der Waals surface area contributed by atoms with E-state index in [1.54, 1.807) is 12.5 Å². The molecule has 5 nitrogen and oxygen atoms in total. The smallest absolute Gasteiger partial charge is 0.166 e. The minimum absolute atomic E-state index is 0.270. The van der Waals surface area contributed by atoms with E-state index >= 15 is 0 Å². The predicted molar refractivity (Wildman–Crippen MR) is 76.5 cm³/mol. The fourth-order valence-corrected chi connectivity index (χ4v) is 1.86. The van der Waals surface area contributed by atoms with Crippen molar-refractivity contribution >= 4 is 17.3 Å². The monoisotopic (exact) mass is 270 g/mol. The van der Waals surface area contributed by atoms with Crippen LogP contribution in [0.2, 0.25) is 0 Å². The minimum atomic E-state index is 0.270. The Hall–Kier alpha value is -1.14. The van der Waals surface area contributed by atoms with Crippen molar-refractivity contribution in [1.82, 2.24) is 20.2 Å². The van der Waals surface area contributed by atoms with Crippen LogP contribution < -0.4 is 10.6 Å². The van der Waals surface area contributed by atoms with E-state index in [0.717, 1.165) is 32.7 Å². The van der Waals surface area contributed by atoms with Gasteiger partial charge in [0.05, 0.1) is 6.33 Å². The summed E-state index contributed by atoms with van der Waals surface area (Å²) in [5.74, 6) is 0. The SMILES string of the molecule is CCOCCCNC(=S)NC(C)Cn1ccnc1. The van der Waals surface area contributed by atoms with Crippen LogP contribution in [0.4, 0.5) is 0 Å². The zero-order valence-electron chi connectivity index (χ0n) is 11.1. The van der Waals surface area contributed by atoms with E-state index in [1.807, 2.05) is 17.7 Å². The summed E-state index contributed by atoms with van der Waals surface area (Å²) in [6.45, 7) is 7.32. The molecule has 18 heavy (non-hydrogen) atoms. The quantitative estimate of drug-likeness (QED) is 0.548. The highest BCUT2D eigenvalue weighted by atomic mass is 32.1. The summed E-state index contributed by atoms with van der Waals surface area (Å²) in [6.07, 6.45) is 6.48. The standard InChI is InChI=1S/C12H22N4OS/c1-3-17-8-4-5-14-12(18)15-11(2)9-16-7-6-13-10-16/h6-7,10-11H,3-5,8-9H2,1-2H3,(H2,14,15,18). The van der Waals surface area contributed by atoms with Gasteiger partial charge in [-0.05, 0) is 32.5 Å². The second kappa shape index (κ2) is 8.88. The summed E-state index contributed by atoms with van der Waals surface area (Å²) >= 11 is 5.22. The van der Waals surface area contributed by atoms with Gasteiger partial charge in [0.25, 0.3) is 0 Å². The summed E-state index contributed by atoms with van der Waals surface area (Å²) in [4.78, 5) is 4.01. The molecule has 1 aromatic rings. The van der Waals surface area contributed by atoms with E-state index in [1.165, 1.54) is 0 Å². The Morgan fingerprint density at radius 1 is 1.56 bits per heavy atom. The Morgan fingerprint density at radius 3 is 3.06 bits per heavy atom. The number of imidazole rings is 1. The zero-order valence-corrected chi connectivity index (χ0v) is 11.9. The molecule has 2 N–H and O–H groups in total. The number of hydrogen-bond donors (Lipinski definition) is 2. The first-order valence-electron chi connectivity index (χ1n) is 6.30. The van der Waals surface area contributed by atoms with Gasteiger partial charge in [-0.3, -0.25) is 0 Å². The van der Waals surface area contributed by atoms with Crippen LogP contribution >= 0.6 is 12.2 Å². The number of aromatic nitrogens is 2. The molecule has 0 bridgehead atoms. The normalized spacial score (nSPS) is 12.1. The van der Waals surface area contributed by atoms with Crippen molar-refractivity contribution in [2.75, 3.05) is 19.8 Å². The largest absolute Gasteiger partial charge is 0.382 e. The van der Waals surface area contributed by atoms with Crippen LogP contribution in [-0.4, -0.2) is 40.5 Å². The molecule has 0 amide bonds. The van der Waals surface area contributed by atoms with Gasteiger partial charge >= 0.3 is 0 Å². The van der Waals surface area contributed by atoms with Crippen molar-refractivity contribution < 1.29 is 4.74 Å². The lowest BCUT2D eigenvalue weighted by Gasteiger charge is -2.17. The highest BCUT2D eigenvalue weighted by Crippen LogP contribution is 1.91. The van der Waals surface area contributed by atoms with Gasteiger partial charge in [0.2, 0.25) is 0 Å². The summed E-state index contributed by atoms with van der Waals surface area (Å²) in [5, 5.41) is 7.10. The van der Waals surface area contributed by atoms with Gasteiger partial charge in [-0.15, -0.1) is 0 Å². The molecule has 1 unspecified atom stereocenters. The lowest BCUT2D eigenvalue weighted by molar-refractivity contribution is 0.145. The molecule has 6 heteroatoms. The van der Waals surface area contributed by atoms with Gasteiger partial charge in [-0.25, -0.2) is 4.98 Å². The van der Waals surface area contributed by atoms with E-state index in [4.69, 9.17) is 17.0 Å². The fraction of sp³-hybridized carbons (Fsp3) is 0.667. The minimum Gasteiger partial charge on any atom is -0.382 e. The summed E-state index contributed by atoms with van der Waals surface area (Å²) < 4.78 is 7.28. The highest BCUT2D eigenvalue weighted by Gasteiger charge is 2.04. The maximum absolute atomic E-state index is 5.25. The Kier molecular flexibility index (Phi) is 7.36. The molecule has 102 valence electrons. The number of thiocarbonyl (C=S) groups is 1. The van der Waals surface area contributed by atoms with E-state index in [9.17, 15) is 0 Å². The van der Waals surface area contributed by atoms with Crippen molar-refractivity contribution in [3.63, 3.8) is 0 Å². The van der Waals surface area contributed by atoms with E-state index in [-0.39, 0.29) is 6.04 Å². The van der Waals surface area contributed by atoms with Gasteiger partial charge in [-0.2, -0.15) is 0 Å². The van der Waals surface area contributed by atoms with Crippen molar-refractivity contribution in [2.45, 2.75) is 32.9 Å². The number of nitrogens with one attached hydrogen (secondary N) is 2. The van der Waals surface area contributed by atoms with Crippen molar-refractivity contribution in [3.05, 3.63) is 18.7 Å². The van der Waals surface area contributed by atoms with Gasteiger partial charge in [0, 0.05) is 44.7 Å². The van der Waals surface area contributed by atoms with Crippen LogP contribution in [0.25, 0.3) is 0 Å². The van der Waals surface area contributed by atoms with Gasteiger partial charge in [-0.1, -0.05) is 0 Å². The average Bonchev–Trinajstić information content (AvgIpc) is 2.81. The molecule has 0 radical (unpaired) electrons. The molecule has 0 fully saturated rings. The maximum atomic E-state index is 5.25. The van der Waals surface area contributed by atoms with Crippen LogP contribution in [0, 0.1) is 0 Å². The Balaban J connectivity index is 2.08. The summed E-state index contributed by atoms with van der Waals surface area (Å²) in [6, 6.07) is 0.270. The Morgan fingerprint density at radius 2 is 2.39 bits per heavy atom. The molecule has 1 rings (SSSR count). The van der Waals surface area contributed by atoms with Crippen molar-refractivity contribution in [3.8, 4) is 0 Å². The molecule has 1 heterocycles. The highest BCUT2D eigenvalue weighted by molar-refractivity contribution is 7.80. The molecule has 0 aliphatic rings. The number of ether oxygens (including phenoxy) is 1. The predicted octanol–water partition coefficient (Wildman–Crippen LogP) is 1.16. The number of nitrogens with zero attached hydrogens (tertiary/aromatic N) is 2. The molecule has 0 saturated heterocycles. The van der Waals surface area contributed by atoms with Crippen LogP contribution in [0.1, 0.15) is 20.3 Å². The number of hydrogen-bond acceptors (Lipinski definition) is 3. The van der Waals surface area contributed by atoms with Gasteiger partial charge < -0.3 is 19.9 Å². The third kappa shape index (κ3) is 6.56. The fourth-order valence-electron chi connectivity index (χ4n) is 1.55. The first-order chi connectivity index (χ1) is 8.72. The molecule has 0 aromatic carbocycles. The second-order valence-electron chi connectivity index (χ2n) is 4.11. The molecule has 1 aromatic heterocycles. The second-order valence-corrected chi connectivity index (χ2v) is 4.52. The van der Waals surface area contributed by atoms with Crippen molar-refractivity contribution in [2.24, 2.45) is 0 Å². The molecule has 0 aliphatic carbocycles. The first-order valence-corrected chi connectivity index (χ1v) is 6.71. The zero-order chi connectivity index (χ0) is 13.2. The van der Waals surface area contributed by atoms with Crippen LogP contribution in [0.5, 0.6) is 0 Å². The van der Waals surface area contributed by atoms with Crippen LogP contribution in [-0.2, 0) is 11.3 Å². The van der Waals surface area contributed by atoms with E-state index in [2.05, 4.69) is 22.5 Å². The summed E-state index contributed by atoms with van der Waals surface area (Å²) in [7, 11) is 0. The molecule has 0 saturated carbocycles. The lowest BCUT2D eigenvalue weighted by atomic mass is 10.3. The van der Waals surface area contributed by atoms with E-state index in [0.29, 0.717) is 5.11 Å². The van der Waals surface area contributed by atoms with Gasteiger partial charge in [0.1, 0.15) is 0 Å². The van der Waals surface area contributed by atoms with Crippen LogP contribution in [0.15, 0.2) is 18.7 Å². The molecule has 0 aliphatic heterocycles. The maximum Gasteiger partial charge on any atom is 0.166 e. The van der Waals surface area contributed by atoms with Gasteiger partial charge in [0.15, 0.2) is 5.11 Å². The van der Waals surface area contributed by atoms with E-state index < -0.39 is 0 Å². The van der Waals surface area contributed by atoms with Crippen molar-refractivity contribution in [1.29, 1.82) is 0 Å². The molecule has 1 atom stereocenters. The van der Waals surface area contributed by atoms with Crippen LogP contribution in [0.3, 0.4) is 0 Å². The first kappa shape index (κ1) is 14.9. The molecular formula is C12H22N4OS. The summed E-state index contributed by atoms with van der Waals surface area (Å²) in [5.41, 5.74) is 0. The lowest BCUT2D eigenvalue weighted by Crippen LogP contribution is -2.42. The third-order valence-corrected chi connectivity index (χ3v) is 2.64. The molecule has 0 spiro atoms. The number of rotatable bonds is 8. The Bertz CT molecular complexity index is 329.